The Morgan fingerprint density at radius 3 is 2.47 bits per heavy atom. The third-order valence-corrected chi connectivity index (χ3v) is 2.92. The molecule has 1 rings (SSSR count). The van der Waals surface area contributed by atoms with Crippen molar-refractivity contribution in [3.8, 4) is 5.88 Å². The van der Waals surface area contributed by atoms with E-state index in [1.54, 1.807) is 14.0 Å². The summed E-state index contributed by atoms with van der Waals surface area (Å²) >= 11 is 0. The fraction of sp³-hybridized carbons (Fsp3) is 0.636. The van der Waals surface area contributed by atoms with Gasteiger partial charge in [0.05, 0.1) is 23.8 Å². The first kappa shape index (κ1) is 13.5. The van der Waals surface area contributed by atoms with Crippen LogP contribution in [0.15, 0.2) is 0 Å². The van der Waals surface area contributed by atoms with E-state index in [2.05, 4.69) is 5.10 Å². The van der Waals surface area contributed by atoms with E-state index in [0.717, 1.165) is 0 Å². The normalized spacial score (nSPS) is 13.5. The highest BCUT2D eigenvalue weighted by Gasteiger charge is 2.40. The van der Waals surface area contributed by atoms with E-state index in [1.807, 2.05) is 0 Å². The zero-order valence-electron chi connectivity index (χ0n) is 10.7. The second-order valence-corrected chi connectivity index (χ2v) is 4.56. The van der Waals surface area contributed by atoms with Crippen molar-refractivity contribution in [2.75, 3.05) is 7.11 Å². The number of rotatable bonds is 4. The Balaban J connectivity index is 3.29. The summed E-state index contributed by atoms with van der Waals surface area (Å²) in [7, 11) is 3.14. The summed E-state index contributed by atoms with van der Waals surface area (Å²) in [5.74, 6) is -0.695. The van der Waals surface area contributed by atoms with Crippen LogP contribution in [0.2, 0.25) is 0 Å². The fourth-order valence-corrected chi connectivity index (χ4v) is 1.69. The lowest BCUT2D eigenvalue weighted by Gasteiger charge is -2.26. The number of nitrogens with zero attached hydrogens (tertiary/aromatic N) is 2. The maximum atomic E-state index is 11.1. The summed E-state index contributed by atoms with van der Waals surface area (Å²) in [4.78, 5) is 11.1. The molecule has 0 saturated carbocycles. The molecule has 6 nitrogen and oxygen atoms in total. The molecule has 1 aromatic heterocycles. The summed E-state index contributed by atoms with van der Waals surface area (Å²) in [6, 6.07) is 0. The second-order valence-electron chi connectivity index (χ2n) is 4.56. The largest absolute Gasteiger partial charge is 0.481 e. The summed E-state index contributed by atoms with van der Waals surface area (Å²) in [5, 5.41) is 23.4. The van der Waals surface area contributed by atoms with E-state index in [1.165, 1.54) is 25.6 Å². The second kappa shape index (κ2) is 4.37. The highest BCUT2D eigenvalue weighted by Crippen LogP contribution is 2.39. The number of aromatic nitrogens is 2. The molecule has 1 atom stereocenters. The molecule has 1 heterocycles. The number of methoxy groups -OCH3 is 1. The van der Waals surface area contributed by atoms with Crippen molar-refractivity contribution in [1.82, 2.24) is 9.78 Å². The molecule has 2 N–H and O–H groups in total. The van der Waals surface area contributed by atoms with Gasteiger partial charge in [-0.05, 0) is 20.8 Å². The van der Waals surface area contributed by atoms with Gasteiger partial charge >= 0.3 is 5.97 Å². The quantitative estimate of drug-likeness (QED) is 0.818. The number of aliphatic hydroxyl groups excluding tert-OH is 1. The van der Waals surface area contributed by atoms with Crippen molar-refractivity contribution in [2.24, 2.45) is 12.5 Å². The summed E-state index contributed by atoms with van der Waals surface area (Å²) in [6.07, 6.45) is -1.18. The number of carboxylic acid groups (broad SMARTS) is 1. The molecule has 0 saturated heterocycles. The molecule has 0 aliphatic rings. The Bertz CT molecular complexity index is 437. The zero-order valence-corrected chi connectivity index (χ0v) is 10.7. The van der Waals surface area contributed by atoms with Crippen LogP contribution in [0.3, 0.4) is 0 Å². The monoisotopic (exact) mass is 242 g/mol. The minimum atomic E-state index is -1.30. The van der Waals surface area contributed by atoms with Crippen LogP contribution in [-0.2, 0) is 11.8 Å². The van der Waals surface area contributed by atoms with Gasteiger partial charge in [0.2, 0.25) is 5.88 Å². The van der Waals surface area contributed by atoms with Crippen molar-refractivity contribution in [3.63, 3.8) is 0 Å². The van der Waals surface area contributed by atoms with Gasteiger partial charge in [0.1, 0.15) is 6.10 Å². The number of hydrogen-bond donors (Lipinski definition) is 2. The minimum Gasteiger partial charge on any atom is -0.481 e. The predicted octanol–water partition coefficient (Wildman–Crippen LogP) is 0.881. The van der Waals surface area contributed by atoms with Crippen LogP contribution in [0.4, 0.5) is 0 Å². The molecular formula is C11H18N2O4. The van der Waals surface area contributed by atoms with Crippen molar-refractivity contribution in [1.29, 1.82) is 0 Å². The molecule has 0 amide bonds. The predicted molar refractivity (Wildman–Crippen MR) is 60.9 cm³/mol. The molecular weight excluding hydrogens is 224 g/mol. The molecule has 17 heavy (non-hydrogen) atoms. The van der Waals surface area contributed by atoms with Gasteiger partial charge in [-0.3, -0.25) is 4.79 Å². The van der Waals surface area contributed by atoms with Gasteiger partial charge in [-0.1, -0.05) is 0 Å². The first-order chi connectivity index (χ1) is 7.73. The highest BCUT2D eigenvalue weighted by molar-refractivity contribution is 5.75. The van der Waals surface area contributed by atoms with Crippen LogP contribution in [0, 0.1) is 12.3 Å². The third kappa shape index (κ3) is 2.12. The standard InChI is InChI=1S/C11H18N2O4/c1-6-7(9(17-5)13(4)12-6)8(14)11(2,3)10(15)16/h8,14H,1-5H3,(H,15,16). The van der Waals surface area contributed by atoms with Crippen molar-refractivity contribution < 1.29 is 19.7 Å². The number of hydrogen-bond acceptors (Lipinski definition) is 4. The first-order valence-corrected chi connectivity index (χ1v) is 5.22. The van der Waals surface area contributed by atoms with Gasteiger partial charge in [-0.25, -0.2) is 4.68 Å². The number of aryl methyl sites for hydroxylation is 2. The maximum Gasteiger partial charge on any atom is 0.312 e. The van der Waals surface area contributed by atoms with Gasteiger partial charge in [-0.2, -0.15) is 5.10 Å². The summed E-state index contributed by atoms with van der Waals surface area (Å²) < 4.78 is 6.62. The van der Waals surface area contributed by atoms with E-state index in [-0.39, 0.29) is 0 Å². The van der Waals surface area contributed by atoms with E-state index >= 15 is 0 Å². The Labute approximate surface area is 99.8 Å². The number of carboxylic acids is 1. The SMILES string of the molecule is COc1c(C(O)C(C)(C)C(=O)O)c(C)nn1C. The lowest BCUT2D eigenvalue weighted by atomic mass is 9.82. The van der Waals surface area contributed by atoms with Crippen LogP contribution in [-0.4, -0.2) is 33.1 Å². The molecule has 1 unspecified atom stereocenters. The number of aliphatic hydroxyl groups is 1. The van der Waals surface area contributed by atoms with Crippen LogP contribution in [0.25, 0.3) is 0 Å². The number of ether oxygens (including phenoxy) is 1. The molecule has 0 aromatic carbocycles. The molecule has 0 fully saturated rings. The Kier molecular flexibility index (Phi) is 3.47. The van der Waals surface area contributed by atoms with Gasteiger partial charge < -0.3 is 14.9 Å². The Hall–Kier alpha value is -1.56. The Morgan fingerprint density at radius 1 is 1.53 bits per heavy atom. The van der Waals surface area contributed by atoms with E-state index in [0.29, 0.717) is 17.1 Å². The van der Waals surface area contributed by atoms with Gasteiger partial charge in [0, 0.05) is 7.05 Å². The average Bonchev–Trinajstić information content (AvgIpc) is 2.51. The van der Waals surface area contributed by atoms with E-state index in [9.17, 15) is 9.90 Å². The van der Waals surface area contributed by atoms with Crippen molar-refractivity contribution in [3.05, 3.63) is 11.3 Å². The van der Waals surface area contributed by atoms with Crippen molar-refractivity contribution in [2.45, 2.75) is 26.9 Å². The smallest absolute Gasteiger partial charge is 0.312 e. The minimum absolute atomic E-state index is 0.379. The number of aliphatic carboxylic acids is 1. The maximum absolute atomic E-state index is 11.1. The Morgan fingerprint density at radius 2 is 2.06 bits per heavy atom. The number of carbonyl (C=O) groups is 1. The molecule has 6 heteroatoms. The van der Waals surface area contributed by atoms with E-state index < -0.39 is 17.5 Å². The molecule has 1 aromatic rings. The van der Waals surface area contributed by atoms with Crippen molar-refractivity contribution >= 4 is 5.97 Å². The van der Waals surface area contributed by atoms with Gasteiger partial charge in [0.15, 0.2) is 0 Å². The molecule has 0 aliphatic carbocycles. The lowest BCUT2D eigenvalue weighted by molar-refractivity contribution is -0.153. The van der Waals surface area contributed by atoms with Crippen LogP contribution in [0.5, 0.6) is 5.88 Å². The zero-order chi connectivity index (χ0) is 13.4. The van der Waals surface area contributed by atoms with E-state index in [4.69, 9.17) is 9.84 Å². The van der Waals surface area contributed by atoms with Gasteiger partial charge in [0.25, 0.3) is 0 Å². The summed E-state index contributed by atoms with van der Waals surface area (Å²) in [6.45, 7) is 4.64. The molecule has 96 valence electrons. The molecule has 0 radical (unpaired) electrons. The fourth-order valence-electron chi connectivity index (χ4n) is 1.69. The average molecular weight is 242 g/mol. The van der Waals surface area contributed by atoms with Crippen LogP contribution < -0.4 is 4.74 Å². The highest BCUT2D eigenvalue weighted by atomic mass is 16.5. The van der Waals surface area contributed by atoms with Crippen LogP contribution in [0.1, 0.15) is 31.2 Å². The summed E-state index contributed by atoms with van der Waals surface area (Å²) in [5.41, 5.74) is -0.324. The molecule has 0 spiro atoms. The third-order valence-electron chi connectivity index (χ3n) is 2.92. The van der Waals surface area contributed by atoms with Gasteiger partial charge in [-0.15, -0.1) is 0 Å². The topological polar surface area (TPSA) is 84.6 Å². The van der Waals surface area contributed by atoms with Crippen LogP contribution >= 0.6 is 0 Å². The molecule has 0 bridgehead atoms. The first-order valence-electron chi connectivity index (χ1n) is 5.22. The lowest BCUT2D eigenvalue weighted by Crippen LogP contribution is -2.31. The molecule has 0 aliphatic heterocycles.